The lowest BCUT2D eigenvalue weighted by Crippen LogP contribution is -2.35. The second-order valence-corrected chi connectivity index (χ2v) is 6.24. The largest absolute Gasteiger partial charge is 0.481 e. The van der Waals surface area contributed by atoms with E-state index in [-0.39, 0.29) is 17.7 Å². The van der Waals surface area contributed by atoms with Crippen molar-refractivity contribution in [3.8, 4) is 0 Å². The molecule has 0 aromatic rings. The van der Waals surface area contributed by atoms with Gasteiger partial charge in [0.1, 0.15) is 0 Å². The Balaban J connectivity index is 2.59. The summed E-state index contributed by atoms with van der Waals surface area (Å²) in [5.74, 6) is -0.185. The maximum atomic E-state index is 12.3. The van der Waals surface area contributed by atoms with Crippen LogP contribution in [0, 0.1) is 11.3 Å². The molecule has 0 heterocycles. The summed E-state index contributed by atoms with van der Waals surface area (Å²) < 4.78 is 0. The molecule has 0 spiro atoms. The molecule has 1 saturated carbocycles. The highest BCUT2D eigenvalue weighted by atomic mass is 16.4. The fraction of sp³-hybridized carbons (Fsp3) is 0.867. The van der Waals surface area contributed by atoms with Crippen molar-refractivity contribution in [2.45, 2.75) is 58.8 Å². The van der Waals surface area contributed by atoms with Gasteiger partial charge in [0.15, 0.2) is 0 Å². The molecule has 1 atom stereocenters. The Labute approximate surface area is 116 Å². The molecule has 1 aliphatic carbocycles. The maximum absolute atomic E-state index is 12.3. The minimum Gasteiger partial charge on any atom is -0.481 e. The van der Waals surface area contributed by atoms with Gasteiger partial charge < -0.3 is 10.0 Å². The fourth-order valence-electron chi connectivity index (χ4n) is 3.02. The van der Waals surface area contributed by atoms with E-state index in [1.54, 1.807) is 4.90 Å². The van der Waals surface area contributed by atoms with Gasteiger partial charge in [-0.05, 0) is 24.2 Å². The fourth-order valence-corrected chi connectivity index (χ4v) is 3.02. The molecule has 1 rings (SSSR count). The van der Waals surface area contributed by atoms with Crippen LogP contribution in [0.2, 0.25) is 0 Å². The number of amides is 1. The van der Waals surface area contributed by atoms with Crippen LogP contribution in [0.5, 0.6) is 0 Å². The van der Waals surface area contributed by atoms with E-state index in [1.165, 1.54) is 0 Å². The molecule has 0 bridgehead atoms. The number of carbonyl (C=O) groups excluding carboxylic acids is 1. The molecule has 1 aliphatic rings. The second-order valence-electron chi connectivity index (χ2n) is 6.24. The zero-order valence-corrected chi connectivity index (χ0v) is 12.4. The summed E-state index contributed by atoms with van der Waals surface area (Å²) in [5, 5.41) is 9.05. The normalized spacial score (nSPS) is 19.1. The monoisotopic (exact) mass is 269 g/mol. The van der Waals surface area contributed by atoms with E-state index < -0.39 is 5.97 Å². The summed E-state index contributed by atoms with van der Waals surface area (Å²) in [6, 6.07) is 0. The Bertz CT molecular complexity index is 321. The number of carbonyl (C=O) groups is 2. The average molecular weight is 269 g/mol. The Kier molecular flexibility index (Phi) is 5.83. The van der Waals surface area contributed by atoms with E-state index in [1.807, 2.05) is 7.05 Å². The van der Waals surface area contributed by atoms with Gasteiger partial charge in [0.05, 0.1) is 6.42 Å². The molecule has 1 unspecified atom stereocenters. The molecule has 110 valence electrons. The van der Waals surface area contributed by atoms with Crippen molar-refractivity contribution in [2.75, 3.05) is 13.6 Å². The number of hydrogen-bond acceptors (Lipinski definition) is 2. The van der Waals surface area contributed by atoms with Crippen molar-refractivity contribution in [1.82, 2.24) is 4.90 Å². The molecule has 4 nitrogen and oxygen atoms in total. The Morgan fingerprint density at radius 1 is 1.26 bits per heavy atom. The zero-order valence-electron chi connectivity index (χ0n) is 12.4. The van der Waals surface area contributed by atoms with Crippen molar-refractivity contribution in [1.29, 1.82) is 0 Å². The lowest BCUT2D eigenvalue weighted by molar-refractivity contribution is -0.141. The molecule has 1 N–H and O–H groups in total. The van der Waals surface area contributed by atoms with E-state index in [0.717, 1.165) is 38.6 Å². The number of aliphatic carboxylic acids is 1. The zero-order chi connectivity index (χ0) is 14.5. The molecule has 0 radical (unpaired) electrons. The van der Waals surface area contributed by atoms with Crippen molar-refractivity contribution in [3.63, 3.8) is 0 Å². The van der Waals surface area contributed by atoms with Crippen molar-refractivity contribution in [2.24, 2.45) is 11.3 Å². The van der Waals surface area contributed by atoms with Crippen molar-refractivity contribution >= 4 is 11.9 Å². The lowest BCUT2D eigenvalue weighted by Gasteiger charge is -2.30. The predicted molar refractivity (Wildman–Crippen MR) is 74.9 cm³/mol. The summed E-state index contributed by atoms with van der Waals surface area (Å²) in [6.45, 7) is 5.01. The molecule has 0 aliphatic heterocycles. The molecule has 19 heavy (non-hydrogen) atoms. The van der Waals surface area contributed by atoms with Crippen LogP contribution in [-0.2, 0) is 9.59 Å². The summed E-state index contributed by atoms with van der Waals surface area (Å²) in [5.41, 5.74) is -0.285. The van der Waals surface area contributed by atoms with Gasteiger partial charge in [0.2, 0.25) is 5.91 Å². The summed E-state index contributed by atoms with van der Waals surface area (Å²) >= 11 is 0. The number of rotatable bonds is 7. The highest BCUT2D eigenvalue weighted by molar-refractivity contribution is 5.78. The SMILES string of the molecule is CCC(C)CN(C)C(=O)CC1(CC(=O)O)CCCC1. The smallest absolute Gasteiger partial charge is 0.303 e. The minimum absolute atomic E-state index is 0.100. The summed E-state index contributed by atoms with van der Waals surface area (Å²) in [7, 11) is 1.83. The highest BCUT2D eigenvalue weighted by Crippen LogP contribution is 2.44. The molecule has 0 aromatic carbocycles. The number of carboxylic acids is 1. The van der Waals surface area contributed by atoms with Gasteiger partial charge in [-0.1, -0.05) is 33.1 Å². The first kappa shape index (κ1) is 16.0. The Hall–Kier alpha value is -1.06. The number of nitrogens with zero attached hydrogens (tertiary/aromatic N) is 1. The van der Waals surface area contributed by atoms with Gasteiger partial charge in [-0.15, -0.1) is 0 Å². The van der Waals surface area contributed by atoms with Gasteiger partial charge in [-0.25, -0.2) is 0 Å². The predicted octanol–water partition coefficient (Wildman–Crippen LogP) is 2.92. The van der Waals surface area contributed by atoms with E-state index in [2.05, 4.69) is 13.8 Å². The third kappa shape index (κ3) is 4.84. The first-order valence-corrected chi connectivity index (χ1v) is 7.34. The van der Waals surface area contributed by atoms with Gasteiger partial charge in [-0.3, -0.25) is 9.59 Å². The first-order chi connectivity index (χ1) is 8.88. The standard InChI is InChI=1S/C15H27NO3/c1-4-12(2)11-16(3)13(17)9-15(10-14(18)19)7-5-6-8-15/h12H,4-11H2,1-3H3,(H,18,19). The van der Waals surface area contributed by atoms with Gasteiger partial charge in [-0.2, -0.15) is 0 Å². The maximum Gasteiger partial charge on any atom is 0.303 e. The van der Waals surface area contributed by atoms with E-state index in [0.29, 0.717) is 12.3 Å². The molecule has 0 saturated heterocycles. The molecule has 4 heteroatoms. The third-order valence-electron chi connectivity index (χ3n) is 4.42. The first-order valence-electron chi connectivity index (χ1n) is 7.34. The molecular weight excluding hydrogens is 242 g/mol. The van der Waals surface area contributed by atoms with Crippen LogP contribution in [0.15, 0.2) is 0 Å². The topological polar surface area (TPSA) is 57.6 Å². The van der Waals surface area contributed by atoms with Gasteiger partial charge >= 0.3 is 5.97 Å². The van der Waals surface area contributed by atoms with Crippen LogP contribution in [-0.4, -0.2) is 35.5 Å². The number of carboxylic acid groups (broad SMARTS) is 1. The van der Waals surface area contributed by atoms with Gasteiger partial charge in [0, 0.05) is 20.0 Å². The lowest BCUT2D eigenvalue weighted by atomic mass is 9.79. The van der Waals surface area contributed by atoms with Crippen molar-refractivity contribution < 1.29 is 14.7 Å². The Morgan fingerprint density at radius 2 is 1.84 bits per heavy atom. The minimum atomic E-state index is -0.778. The van der Waals surface area contributed by atoms with Crippen LogP contribution in [0.1, 0.15) is 58.8 Å². The van der Waals surface area contributed by atoms with E-state index in [4.69, 9.17) is 5.11 Å². The van der Waals surface area contributed by atoms with E-state index in [9.17, 15) is 9.59 Å². The summed E-state index contributed by atoms with van der Waals surface area (Å²) in [4.78, 5) is 25.1. The second kappa shape index (κ2) is 6.92. The van der Waals surface area contributed by atoms with E-state index >= 15 is 0 Å². The van der Waals surface area contributed by atoms with Gasteiger partial charge in [0.25, 0.3) is 0 Å². The highest BCUT2D eigenvalue weighted by Gasteiger charge is 2.38. The van der Waals surface area contributed by atoms with Crippen molar-refractivity contribution in [3.05, 3.63) is 0 Å². The average Bonchev–Trinajstić information content (AvgIpc) is 2.75. The van der Waals surface area contributed by atoms with Crippen LogP contribution in [0.25, 0.3) is 0 Å². The molecule has 0 aromatic heterocycles. The molecular formula is C15H27NO3. The van der Waals surface area contributed by atoms with Crippen LogP contribution >= 0.6 is 0 Å². The number of hydrogen-bond donors (Lipinski definition) is 1. The summed E-state index contributed by atoms with van der Waals surface area (Å²) in [6.07, 6.45) is 5.44. The quantitative estimate of drug-likeness (QED) is 0.773. The third-order valence-corrected chi connectivity index (χ3v) is 4.42. The molecule has 1 amide bonds. The van der Waals surface area contributed by atoms with Crippen LogP contribution in [0.3, 0.4) is 0 Å². The Morgan fingerprint density at radius 3 is 2.32 bits per heavy atom. The van der Waals surface area contributed by atoms with Crippen LogP contribution < -0.4 is 0 Å². The van der Waals surface area contributed by atoms with Crippen LogP contribution in [0.4, 0.5) is 0 Å². The molecule has 1 fully saturated rings.